The van der Waals surface area contributed by atoms with E-state index in [0.717, 1.165) is 30.8 Å². The summed E-state index contributed by atoms with van der Waals surface area (Å²) >= 11 is 1.27. The molecule has 0 saturated carbocycles. The Labute approximate surface area is 151 Å². The van der Waals surface area contributed by atoms with E-state index in [4.69, 9.17) is 0 Å². The van der Waals surface area contributed by atoms with Gasteiger partial charge in [-0.25, -0.2) is 0 Å². The lowest BCUT2D eigenvalue weighted by Gasteiger charge is -2.34. The third-order valence-corrected chi connectivity index (χ3v) is 5.68. The van der Waals surface area contributed by atoms with Crippen LogP contribution in [0, 0.1) is 0 Å². The number of rotatable bonds is 5. The molecule has 1 aromatic heterocycles. The summed E-state index contributed by atoms with van der Waals surface area (Å²) in [5.74, 6) is 0.00401. The molecule has 25 heavy (non-hydrogen) atoms. The van der Waals surface area contributed by atoms with Gasteiger partial charge in [-0.1, -0.05) is 24.3 Å². The second-order valence-corrected chi connectivity index (χ2v) is 7.30. The topological polar surface area (TPSA) is 60.9 Å². The lowest BCUT2D eigenvalue weighted by molar-refractivity contribution is 0.0632. The van der Waals surface area contributed by atoms with E-state index in [1.807, 2.05) is 29.2 Å². The predicted octanol–water partition coefficient (Wildman–Crippen LogP) is 2.40. The van der Waals surface area contributed by atoms with Crippen LogP contribution in [0.2, 0.25) is 0 Å². The standard InChI is InChI=1S/C19H22N2O3S/c1-14(23)17-6-7-18(25-17)19(24)21-10-8-20(9-11-21)12-15-4-2-3-5-16(15)13-22/h2-7,22H,8-13H2,1H3. The van der Waals surface area contributed by atoms with E-state index in [1.165, 1.54) is 18.3 Å². The lowest BCUT2D eigenvalue weighted by Crippen LogP contribution is -2.48. The summed E-state index contributed by atoms with van der Waals surface area (Å²) in [7, 11) is 0. The third kappa shape index (κ3) is 4.15. The van der Waals surface area contributed by atoms with Crippen LogP contribution in [0.5, 0.6) is 0 Å². The van der Waals surface area contributed by atoms with Gasteiger partial charge in [0.15, 0.2) is 5.78 Å². The highest BCUT2D eigenvalue weighted by Crippen LogP contribution is 2.20. The van der Waals surface area contributed by atoms with E-state index in [1.54, 1.807) is 12.1 Å². The molecular weight excluding hydrogens is 336 g/mol. The van der Waals surface area contributed by atoms with Crippen molar-refractivity contribution < 1.29 is 14.7 Å². The van der Waals surface area contributed by atoms with E-state index >= 15 is 0 Å². The van der Waals surface area contributed by atoms with Gasteiger partial charge in [-0.3, -0.25) is 14.5 Å². The Balaban J connectivity index is 1.57. The second-order valence-electron chi connectivity index (χ2n) is 6.22. The zero-order valence-corrected chi connectivity index (χ0v) is 15.1. The number of thiophene rings is 1. The van der Waals surface area contributed by atoms with E-state index in [9.17, 15) is 14.7 Å². The molecule has 1 aliphatic rings. The molecule has 6 heteroatoms. The van der Waals surface area contributed by atoms with Crippen LogP contribution < -0.4 is 0 Å². The molecule has 0 aliphatic carbocycles. The van der Waals surface area contributed by atoms with Crippen molar-refractivity contribution in [2.75, 3.05) is 26.2 Å². The SMILES string of the molecule is CC(=O)c1ccc(C(=O)N2CCN(Cc3ccccc3CO)CC2)s1. The number of benzene rings is 1. The normalized spacial score (nSPS) is 15.4. The summed E-state index contributed by atoms with van der Waals surface area (Å²) in [5.41, 5.74) is 2.09. The number of Topliss-reactive ketones (excluding diaryl/α,β-unsaturated/α-hetero) is 1. The second kappa shape index (κ2) is 7.91. The molecule has 0 atom stereocenters. The molecule has 1 saturated heterocycles. The van der Waals surface area contributed by atoms with E-state index < -0.39 is 0 Å². The Morgan fingerprint density at radius 3 is 2.24 bits per heavy atom. The number of carbonyl (C=O) groups is 2. The highest BCUT2D eigenvalue weighted by Gasteiger charge is 2.24. The Morgan fingerprint density at radius 2 is 1.64 bits per heavy atom. The molecular formula is C19H22N2O3S. The molecule has 2 aromatic rings. The van der Waals surface area contributed by atoms with Crippen LogP contribution in [0.15, 0.2) is 36.4 Å². The van der Waals surface area contributed by atoms with Crippen molar-refractivity contribution >= 4 is 23.0 Å². The first kappa shape index (κ1) is 17.8. The van der Waals surface area contributed by atoms with Gasteiger partial charge in [0.1, 0.15) is 0 Å². The molecule has 2 heterocycles. The molecule has 1 aliphatic heterocycles. The van der Waals surface area contributed by atoms with E-state index in [0.29, 0.717) is 22.8 Å². The average Bonchev–Trinajstić information content (AvgIpc) is 3.13. The Hall–Kier alpha value is -2.02. The van der Waals surface area contributed by atoms with Crippen LogP contribution in [0.4, 0.5) is 0 Å². The molecule has 3 rings (SSSR count). The molecule has 1 aromatic carbocycles. The van der Waals surface area contributed by atoms with Crippen molar-refractivity contribution in [2.45, 2.75) is 20.1 Å². The summed E-state index contributed by atoms with van der Waals surface area (Å²) in [6.45, 7) is 5.30. The highest BCUT2D eigenvalue weighted by atomic mass is 32.1. The van der Waals surface area contributed by atoms with Gasteiger partial charge in [-0.05, 0) is 30.2 Å². The molecule has 132 valence electrons. The Morgan fingerprint density at radius 1 is 1.00 bits per heavy atom. The minimum absolute atomic E-state index is 0.00332. The minimum atomic E-state index is -0.00332. The van der Waals surface area contributed by atoms with Gasteiger partial charge >= 0.3 is 0 Å². The first-order valence-electron chi connectivity index (χ1n) is 8.38. The molecule has 0 spiro atoms. The first-order valence-corrected chi connectivity index (χ1v) is 9.20. The van der Waals surface area contributed by atoms with Gasteiger partial charge in [0.25, 0.3) is 5.91 Å². The smallest absolute Gasteiger partial charge is 0.264 e. The fourth-order valence-electron chi connectivity index (χ4n) is 3.01. The number of amides is 1. The van der Waals surface area contributed by atoms with Gasteiger partial charge in [0, 0.05) is 32.7 Å². The van der Waals surface area contributed by atoms with Crippen molar-refractivity contribution in [2.24, 2.45) is 0 Å². The quantitative estimate of drug-likeness (QED) is 0.834. The maximum absolute atomic E-state index is 12.6. The zero-order chi connectivity index (χ0) is 17.8. The van der Waals surface area contributed by atoms with Crippen molar-refractivity contribution in [3.05, 3.63) is 57.3 Å². The number of aliphatic hydroxyl groups excluding tert-OH is 1. The largest absolute Gasteiger partial charge is 0.392 e. The van der Waals surface area contributed by atoms with E-state index in [2.05, 4.69) is 4.90 Å². The van der Waals surface area contributed by atoms with Crippen LogP contribution in [0.25, 0.3) is 0 Å². The number of hydrogen-bond acceptors (Lipinski definition) is 5. The van der Waals surface area contributed by atoms with E-state index in [-0.39, 0.29) is 18.3 Å². The van der Waals surface area contributed by atoms with Crippen molar-refractivity contribution in [1.29, 1.82) is 0 Å². The molecule has 0 unspecified atom stereocenters. The van der Waals surface area contributed by atoms with Crippen LogP contribution in [-0.2, 0) is 13.2 Å². The number of ketones is 1. The summed E-state index contributed by atoms with van der Waals surface area (Å²) in [6, 6.07) is 11.4. The monoisotopic (exact) mass is 358 g/mol. The summed E-state index contributed by atoms with van der Waals surface area (Å²) in [5, 5.41) is 9.44. The van der Waals surface area contributed by atoms with Gasteiger partial charge in [-0.2, -0.15) is 0 Å². The molecule has 1 amide bonds. The van der Waals surface area contributed by atoms with Crippen molar-refractivity contribution in [1.82, 2.24) is 9.80 Å². The van der Waals surface area contributed by atoms with Gasteiger partial charge in [-0.15, -0.1) is 11.3 Å². The highest BCUT2D eigenvalue weighted by molar-refractivity contribution is 7.15. The number of carbonyl (C=O) groups excluding carboxylic acids is 2. The number of piperazine rings is 1. The van der Waals surface area contributed by atoms with Gasteiger partial charge in [0.05, 0.1) is 16.4 Å². The van der Waals surface area contributed by atoms with Gasteiger partial charge < -0.3 is 10.0 Å². The number of nitrogens with zero attached hydrogens (tertiary/aromatic N) is 2. The number of aliphatic hydroxyl groups is 1. The maximum Gasteiger partial charge on any atom is 0.264 e. The maximum atomic E-state index is 12.6. The average molecular weight is 358 g/mol. The first-order chi connectivity index (χ1) is 12.1. The Kier molecular flexibility index (Phi) is 5.63. The summed E-state index contributed by atoms with van der Waals surface area (Å²) in [6.07, 6.45) is 0. The molecule has 1 N–H and O–H groups in total. The molecule has 1 fully saturated rings. The molecule has 0 radical (unpaired) electrons. The minimum Gasteiger partial charge on any atom is -0.392 e. The molecule has 0 bridgehead atoms. The lowest BCUT2D eigenvalue weighted by atomic mass is 10.1. The third-order valence-electron chi connectivity index (χ3n) is 4.51. The zero-order valence-electron chi connectivity index (χ0n) is 14.3. The van der Waals surface area contributed by atoms with Crippen LogP contribution in [0.3, 0.4) is 0 Å². The van der Waals surface area contributed by atoms with Crippen molar-refractivity contribution in [3.63, 3.8) is 0 Å². The fraction of sp³-hybridized carbons (Fsp3) is 0.368. The predicted molar refractivity (Wildman–Crippen MR) is 97.9 cm³/mol. The fourth-order valence-corrected chi connectivity index (χ4v) is 3.88. The van der Waals surface area contributed by atoms with Gasteiger partial charge in [0.2, 0.25) is 0 Å². The van der Waals surface area contributed by atoms with Crippen LogP contribution in [0.1, 0.15) is 37.4 Å². The Bertz CT molecular complexity index is 764. The molecule has 5 nitrogen and oxygen atoms in total. The number of hydrogen-bond donors (Lipinski definition) is 1. The van der Waals surface area contributed by atoms with Crippen LogP contribution >= 0.6 is 11.3 Å². The van der Waals surface area contributed by atoms with Crippen molar-refractivity contribution in [3.8, 4) is 0 Å². The summed E-state index contributed by atoms with van der Waals surface area (Å²) < 4.78 is 0. The summed E-state index contributed by atoms with van der Waals surface area (Å²) in [4.78, 5) is 29.4. The van der Waals surface area contributed by atoms with Crippen LogP contribution in [-0.4, -0.2) is 52.8 Å².